The third-order valence-electron chi connectivity index (χ3n) is 7.38. The van der Waals surface area contributed by atoms with Crippen molar-refractivity contribution in [3.05, 3.63) is 30.1 Å². The van der Waals surface area contributed by atoms with Crippen LogP contribution in [0, 0.1) is 16.7 Å². The van der Waals surface area contributed by atoms with E-state index in [1.165, 1.54) is 17.6 Å². The number of carbonyl (C=O) groups is 1. The summed E-state index contributed by atoms with van der Waals surface area (Å²) in [5, 5.41) is 4.36. The van der Waals surface area contributed by atoms with Crippen molar-refractivity contribution >= 4 is 5.91 Å². The minimum absolute atomic E-state index is 0.120. The van der Waals surface area contributed by atoms with E-state index in [0.717, 1.165) is 52.1 Å². The first-order valence-electron chi connectivity index (χ1n) is 10.1. The fourth-order valence-corrected chi connectivity index (χ4v) is 5.45. The quantitative estimate of drug-likeness (QED) is 0.779. The van der Waals surface area contributed by atoms with Crippen LogP contribution >= 0.6 is 0 Å². The zero-order valence-electron chi connectivity index (χ0n) is 16.5. The first-order chi connectivity index (χ1) is 12.4. The summed E-state index contributed by atoms with van der Waals surface area (Å²) >= 11 is 0. The van der Waals surface area contributed by atoms with Crippen molar-refractivity contribution in [2.45, 2.75) is 53.1 Å². The Morgan fingerprint density at radius 3 is 2.62 bits per heavy atom. The summed E-state index contributed by atoms with van der Waals surface area (Å²) in [6.07, 6.45) is 7.30. The summed E-state index contributed by atoms with van der Waals surface area (Å²) < 4.78 is 1.97. The van der Waals surface area contributed by atoms with Gasteiger partial charge in [0.15, 0.2) is 0 Å². The fourth-order valence-electron chi connectivity index (χ4n) is 5.45. The minimum atomic E-state index is -0.265. The number of hydrogen-bond acceptors (Lipinski definition) is 3. The molecule has 2 saturated carbocycles. The van der Waals surface area contributed by atoms with Crippen molar-refractivity contribution in [3.8, 4) is 0 Å². The van der Waals surface area contributed by atoms with E-state index in [9.17, 15) is 4.79 Å². The Morgan fingerprint density at radius 1 is 1.31 bits per heavy atom. The molecular weight excluding hydrogens is 324 g/mol. The zero-order valence-corrected chi connectivity index (χ0v) is 16.5. The van der Waals surface area contributed by atoms with E-state index in [4.69, 9.17) is 0 Å². The minimum Gasteiger partial charge on any atom is -0.339 e. The van der Waals surface area contributed by atoms with Gasteiger partial charge in [-0.05, 0) is 37.5 Å². The molecule has 4 rings (SSSR count). The normalized spacial score (nSPS) is 31.0. The van der Waals surface area contributed by atoms with Gasteiger partial charge in [0.05, 0.1) is 11.6 Å². The molecule has 2 aliphatic carbocycles. The third kappa shape index (κ3) is 2.63. The number of carbonyl (C=O) groups excluding carboxylic acids is 1. The molecule has 1 aromatic heterocycles. The van der Waals surface area contributed by atoms with Crippen molar-refractivity contribution in [1.82, 2.24) is 19.6 Å². The number of fused-ring (bicyclic) bond motifs is 2. The molecular formula is C21H32N4O. The molecule has 2 heterocycles. The van der Waals surface area contributed by atoms with Gasteiger partial charge in [-0.3, -0.25) is 14.4 Å². The summed E-state index contributed by atoms with van der Waals surface area (Å²) in [7, 11) is 0. The average Bonchev–Trinajstić information content (AvgIpc) is 3.32. The van der Waals surface area contributed by atoms with Gasteiger partial charge in [-0.15, -0.1) is 0 Å². The number of aryl methyl sites for hydroxylation is 1. The highest BCUT2D eigenvalue weighted by molar-refractivity contribution is 5.87. The SMILES string of the molecule is C=C1C(C)(C)[C@@H]2CC[C@@]1(C(=O)N1CCN(Cc3cnn(CC)c3)CC1)C2. The molecule has 0 spiro atoms. The lowest BCUT2D eigenvalue weighted by Crippen LogP contribution is -2.53. The van der Waals surface area contributed by atoms with E-state index in [1.54, 1.807) is 0 Å². The van der Waals surface area contributed by atoms with Crippen molar-refractivity contribution in [3.63, 3.8) is 0 Å². The van der Waals surface area contributed by atoms with Gasteiger partial charge < -0.3 is 4.90 Å². The van der Waals surface area contributed by atoms with Crippen LogP contribution in [0.25, 0.3) is 0 Å². The standard InChI is InChI=1S/C21H32N4O/c1-5-25-15-17(13-22-25)14-23-8-10-24(11-9-23)19(26)21-7-6-18(12-21)20(3,4)16(21)2/h13,15,18H,2,5-12,14H2,1,3-4H3/t18-,21-/m1/s1. The van der Waals surface area contributed by atoms with Crippen molar-refractivity contribution < 1.29 is 4.79 Å². The van der Waals surface area contributed by atoms with Gasteiger partial charge in [0.25, 0.3) is 0 Å². The van der Waals surface area contributed by atoms with Crippen molar-refractivity contribution in [2.24, 2.45) is 16.7 Å². The topological polar surface area (TPSA) is 41.4 Å². The van der Waals surface area contributed by atoms with Crippen LogP contribution in [-0.2, 0) is 17.9 Å². The van der Waals surface area contributed by atoms with Crippen LogP contribution in [0.2, 0.25) is 0 Å². The van der Waals surface area contributed by atoms with E-state index in [-0.39, 0.29) is 10.8 Å². The summed E-state index contributed by atoms with van der Waals surface area (Å²) in [5.41, 5.74) is 2.31. The number of amides is 1. The molecule has 1 amide bonds. The van der Waals surface area contributed by atoms with Crippen molar-refractivity contribution in [1.29, 1.82) is 0 Å². The second-order valence-electron chi connectivity index (χ2n) is 8.99. The van der Waals surface area contributed by atoms with Gasteiger partial charge in [0, 0.05) is 51.0 Å². The molecule has 3 fully saturated rings. The molecule has 3 aliphatic rings. The van der Waals surface area contributed by atoms with Crippen molar-refractivity contribution in [2.75, 3.05) is 26.2 Å². The molecule has 1 aromatic rings. The van der Waals surface area contributed by atoms with Crippen LogP contribution in [0.1, 0.15) is 45.6 Å². The van der Waals surface area contributed by atoms with E-state index in [1.807, 2.05) is 10.9 Å². The molecule has 5 nitrogen and oxygen atoms in total. The first-order valence-corrected chi connectivity index (χ1v) is 10.1. The van der Waals surface area contributed by atoms with E-state index in [2.05, 4.69) is 48.4 Å². The number of rotatable bonds is 4. The van der Waals surface area contributed by atoms with E-state index in [0.29, 0.717) is 11.8 Å². The van der Waals surface area contributed by atoms with Crippen LogP contribution in [0.3, 0.4) is 0 Å². The molecule has 1 saturated heterocycles. The highest BCUT2D eigenvalue weighted by Gasteiger charge is 2.61. The lowest BCUT2D eigenvalue weighted by atomic mass is 9.68. The van der Waals surface area contributed by atoms with Crippen LogP contribution in [0.15, 0.2) is 24.5 Å². The third-order valence-corrected chi connectivity index (χ3v) is 7.38. The largest absolute Gasteiger partial charge is 0.339 e. The lowest BCUT2D eigenvalue weighted by Gasteiger charge is -2.42. The highest BCUT2D eigenvalue weighted by Crippen LogP contribution is 2.65. The Morgan fingerprint density at radius 2 is 2.04 bits per heavy atom. The van der Waals surface area contributed by atoms with Gasteiger partial charge in [-0.1, -0.05) is 26.0 Å². The lowest BCUT2D eigenvalue weighted by molar-refractivity contribution is -0.141. The van der Waals surface area contributed by atoms with Gasteiger partial charge in [-0.2, -0.15) is 5.10 Å². The zero-order chi connectivity index (χ0) is 18.5. The molecule has 5 heteroatoms. The molecule has 0 radical (unpaired) electrons. The Kier molecular flexibility index (Phi) is 4.25. The van der Waals surface area contributed by atoms with Gasteiger partial charge in [0.1, 0.15) is 0 Å². The monoisotopic (exact) mass is 356 g/mol. The van der Waals surface area contributed by atoms with E-state index < -0.39 is 0 Å². The molecule has 0 unspecified atom stereocenters. The van der Waals surface area contributed by atoms with Crippen LogP contribution in [0.4, 0.5) is 0 Å². The first kappa shape index (κ1) is 17.8. The number of piperazine rings is 1. The second-order valence-corrected chi connectivity index (χ2v) is 8.99. The Balaban J connectivity index is 1.37. The van der Waals surface area contributed by atoms with E-state index >= 15 is 0 Å². The highest BCUT2D eigenvalue weighted by atomic mass is 16.2. The Labute approximate surface area is 157 Å². The maximum Gasteiger partial charge on any atom is 0.232 e. The molecule has 0 N–H and O–H groups in total. The smallest absolute Gasteiger partial charge is 0.232 e. The van der Waals surface area contributed by atoms with Crippen LogP contribution in [-0.4, -0.2) is 51.7 Å². The Bertz CT molecular complexity index is 713. The average molecular weight is 357 g/mol. The Hall–Kier alpha value is -1.62. The maximum atomic E-state index is 13.4. The number of aromatic nitrogens is 2. The summed E-state index contributed by atoms with van der Waals surface area (Å²) in [4.78, 5) is 18.0. The predicted molar refractivity (Wildman–Crippen MR) is 102 cm³/mol. The summed E-state index contributed by atoms with van der Waals surface area (Å²) in [6, 6.07) is 0. The summed E-state index contributed by atoms with van der Waals surface area (Å²) in [5.74, 6) is 0.990. The predicted octanol–water partition coefficient (Wildman–Crippen LogP) is 2.93. The maximum absolute atomic E-state index is 13.4. The second kappa shape index (κ2) is 6.22. The van der Waals surface area contributed by atoms with Gasteiger partial charge >= 0.3 is 0 Å². The van der Waals surface area contributed by atoms with Crippen LogP contribution in [0.5, 0.6) is 0 Å². The van der Waals surface area contributed by atoms with Gasteiger partial charge in [0.2, 0.25) is 5.91 Å². The van der Waals surface area contributed by atoms with Crippen LogP contribution < -0.4 is 0 Å². The molecule has 142 valence electrons. The molecule has 26 heavy (non-hydrogen) atoms. The fraction of sp³-hybridized carbons (Fsp3) is 0.714. The molecule has 0 aromatic carbocycles. The molecule has 1 aliphatic heterocycles. The number of hydrogen-bond donors (Lipinski definition) is 0. The van der Waals surface area contributed by atoms with Gasteiger partial charge in [-0.25, -0.2) is 0 Å². The number of nitrogens with zero attached hydrogens (tertiary/aromatic N) is 4. The molecule has 2 bridgehead atoms. The summed E-state index contributed by atoms with van der Waals surface area (Å²) in [6.45, 7) is 16.4. The molecule has 2 atom stereocenters.